The molecule has 0 radical (unpaired) electrons. The summed E-state index contributed by atoms with van der Waals surface area (Å²) in [5.41, 5.74) is 1.30. The number of halogens is 2. The maximum Gasteiger partial charge on any atom is 0.179 e. The van der Waals surface area contributed by atoms with Crippen molar-refractivity contribution in [1.82, 2.24) is 14.5 Å². The number of nitrogens with zero attached hydrogens (tertiary/aromatic N) is 2. The molecule has 6 heteroatoms. The molecule has 0 aliphatic rings. The molecule has 1 aromatic carbocycles. The Morgan fingerprint density at radius 3 is 2.63 bits per heavy atom. The highest BCUT2D eigenvalue weighted by molar-refractivity contribution is 7.71. The molecule has 0 fully saturated rings. The summed E-state index contributed by atoms with van der Waals surface area (Å²) in [7, 11) is 0. The van der Waals surface area contributed by atoms with Gasteiger partial charge in [0.05, 0.1) is 12.1 Å². The topological polar surface area (TPSA) is 33.6 Å². The summed E-state index contributed by atoms with van der Waals surface area (Å²) in [6.45, 7) is 0.00829. The number of pyridine rings is 1. The largest absolute Gasteiger partial charge is 0.329 e. The Balaban J connectivity index is 2.16. The fourth-order valence-corrected chi connectivity index (χ4v) is 2.24. The maximum absolute atomic E-state index is 13.7. The number of hydrogen-bond acceptors (Lipinski definition) is 2. The van der Waals surface area contributed by atoms with Crippen LogP contribution in [0.15, 0.2) is 36.5 Å². The van der Waals surface area contributed by atoms with E-state index < -0.39 is 11.6 Å². The molecule has 0 aliphatic heterocycles. The molecule has 19 heavy (non-hydrogen) atoms. The van der Waals surface area contributed by atoms with Crippen LogP contribution in [0.25, 0.3) is 11.2 Å². The molecular weight excluding hydrogens is 268 g/mol. The molecule has 2 aromatic heterocycles. The van der Waals surface area contributed by atoms with Crippen LogP contribution in [0.4, 0.5) is 8.78 Å². The van der Waals surface area contributed by atoms with E-state index in [1.807, 2.05) is 6.07 Å². The fourth-order valence-electron chi connectivity index (χ4n) is 1.98. The van der Waals surface area contributed by atoms with E-state index in [1.54, 1.807) is 16.8 Å². The Hall–Kier alpha value is -2.08. The third-order valence-corrected chi connectivity index (χ3v) is 3.23. The quantitative estimate of drug-likeness (QED) is 0.728. The predicted molar refractivity (Wildman–Crippen MR) is 70.4 cm³/mol. The standard InChI is InChI=1S/C13H9F2N3S/c14-9-3-1-4-10(15)8(9)7-18-12-11(17-13(18)19)5-2-6-16-12/h1-6H,7H2,(H,17,19). The lowest BCUT2D eigenvalue weighted by atomic mass is 10.2. The molecule has 0 atom stereocenters. The Bertz CT molecular complexity index is 787. The summed E-state index contributed by atoms with van der Waals surface area (Å²) < 4.78 is 29.3. The van der Waals surface area contributed by atoms with Gasteiger partial charge in [0.1, 0.15) is 11.6 Å². The van der Waals surface area contributed by atoms with Gasteiger partial charge in [0.2, 0.25) is 0 Å². The van der Waals surface area contributed by atoms with Crippen molar-refractivity contribution < 1.29 is 8.78 Å². The van der Waals surface area contributed by atoms with Crippen LogP contribution in [-0.4, -0.2) is 14.5 Å². The normalized spacial score (nSPS) is 11.1. The van der Waals surface area contributed by atoms with Gasteiger partial charge in [-0.2, -0.15) is 0 Å². The summed E-state index contributed by atoms with van der Waals surface area (Å²) in [4.78, 5) is 7.13. The minimum absolute atomic E-state index is 0.00829. The number of imidazole rings is 1. The number of benzene rings is 1. The van der Waals surface area contributed by atoms with Crippen molar-refractivity contribution in [3.8, 4) is 0 Å². The van der Waals surface area contributed by atoms with Crippen LogP contribution in [0.3, 0.4) is 0 Å². The summed E-state index contributed by atoms with van der Waals surface area (Å²) in [6, 6.07) is 7.36. The van der Waals surface area contributed by atoms with Crippen LogP contribution in [0.1, 0.15) is 5.56 Å². The second-order valence-electron chi connectivity index (χ2n) is 4.09. The first kappa shape index (κ1) is 12.0. The van der Waals surface area contributed by atoms with Gasteiger partial charge in [0.15, 0.2) is 10.4 Å². The molecule has 0 amide bonds. The van der Waals surface area contributed by atoms with Crippen LogP contribution in [-0.2, 0) is 6.54 Å². The lowest BCUT2D eigenvalue weighted by Gasteiger charge is -2.06. The SMILES string of the molecule is Fc1cccc(F)c1Cn1c(=S)[nH]c2cccnc21. The zero-order valence-corrected chi connectivity index (χ0v) is 10.5. The van der Waals surface area contributed by atoms with E-state index in [0.29, 0.717) is 10.4 Å². The van der Waals surface area contributed by atoms with Crippen molar-refractivity contribution in [1.29, 1.82) is 0 Å². The van der Waals surface area contributed by atoms with Crippen LogP contribution >= 0.6 is 12.2 Å². The molecule has 3 nitrogen and oxygen atoms in total. The number of nitrogens with one attached hydrogen (secondary N) is 1. The van der Waals surface area contributed by atoms with E-state index in [4.69, 9.17) is 12.2 Å². The number of hydrogen-bond donors (Lipinski definition) is 1. The first-order valence-corrected chi connectivity index (χ1v) is 6.04. The molecule has 0 saturated heterocycles. The van der Waals surface area contributed by atoms with E-state index in [1.165, 1.54) is 18.2 Å². The van der Waals surface area contributed by atoms with Crippen LogP contribution < -0.4 is 0 Å². The lowest BCUT2D eigenvalue weighted by molar-refractivity contribution is 0.545. The molecule has 0 unspecified atom stereocenters. The zero-order valence-electron chi connectivity index (χ0n) is 9.73. The monoisotopic (exact) mass is 277 g/mol. The van der Waals surface area contributed by atoms with Crippen molar-refractivity contribution >= 4 is 23.4 Å². The molecule has 3 aromatic rings. The smallest absolute Gasteiger partial charge is 0.179 e. The van der Waals surface area contributed by atoms with Crippen LogP contribution in [0.2, 0.25) is 0 Å². The third kappa shape index (κ3) is 2.04. The second kappa shape index (κ2) is 4.55. The summed E-state index contributed by atoms with van der Waals surface area (Å²) in [5, 5.41) is 0. The van der Waals surface area contributed by atoms with Gasteiger partial charge >= 0.3 is 0 Å². The molecule has 0 aliphatic carbocycles. The number of aromatic amines is 1. The van der Waals surface area contributed by atoms with E-state index >= 15 is 0 Å². The first-order chi connectivity index (χ1) is 9.16. The minimum Gasteiger partial charge on any atom is -0.329 e. The van der Waals surface area contributed by atoms with Gasteiger partial charge in [-0.1, -0.05) is 6.07 Å². The van der Waals surface area contributed by atoms with Crippen LogP contribution in [0.5, 0.6) is 0 Å². The Kier molecular flexibility index (Phi) is 2.87. The Morgan fingerprint density at radius 2 is 1.89 bits per heavy atom. The van der Waals surface area contributed by atoms with Gasteiger partial charge in [-0.15, -0.1) is 0 Å². The number of aromatic nitrogens is 3. The number of rotatable bonds is 2. The number of fused-ring (bicyclic) bond motifs is 1. The summed E-state index contributed by atoms with van der Waals surface area (Å²) in [5.74, 6) is -1.18. The minimum atomic E-state index is -0.591. The molecule has 0 bridgehead atoms. The van der Waals surface area contributed by atoms with Gasteiger partial charge in [0.25, 0.3) is 0 Å². The van der Waals surface area contributed by atoms with Crippen LogP contribution in [0, 0.1) is 16.4 Å². The maximum atomic E-state index is 13.7. The van der Waals surface area contributed by atoms with Crippen molar-refractivity contribution in [2.75, 3.05) is 0 Å². The van der Waals surface area contributed by atoms with E-state index in [2.05, 4.69) is 9.97 Å². The summed E-state index contributed by atoms with van der Waals surface area (Å²) >= 11 is 5.16. The van der Waals surface area contributed by atoms with Gasteiger partial charge in [-0.3, -0.25) is 4.57 Å². The summed E-state index contributed by atoms with van der Waals surface area (Å²) in [6.07, 6.45) is 1.61. The molecule has 0 spiro atoms. The average Bonchev–Trinajstić information content (AvgIpc) is 2.70. The van der Waals surface area contributed by atoms with E-state index in [9.17, 15) is 8.78 Å². The van der Waals surface area contributed by atoms with Crippen molar-refractivity contribution in [2.45, 2.75) is 6.54 Å². The predicted octanol–water partition coefficient (Wildman–Crippen LogP) is 3.42. The van der Waals surface area contributed by atoms with Gasteiger partial charge in [-0.25, -0.2) is 13.8 Å². The third-order valence-electron chi connectivity index (χ3n) is 2.91. The molecule has 2 heterocycles. The molecule has 3 rings (SSSR count). The van der Waals surface area contributed by atoms with Crippen molar-refractivity contribution in [3.63, 3.8) is 0 Å². The second-order valence-corrected chi connectivity index (χ2v) is 4.48. The first-order valence-electron chi connectivity index (χ1n) is 5.63. The highest BCUT2D eigenvalue weighted by Gasteiger charge is 2.12. The van der Waals surface area contributed by atoms with Crippen molar-refractivity contribution in [3.05, 3.63) is 58.5 Å². The highest BCUT2D eigenvalue weighted by atomic mass is 32.1. The fraction of sp³-hybridized carbons (Fsp3) is 0.0769. The van der Waals surface area contributed by atoms with Gasteiger partial charge in [0, 0.05) is 11.8 Å². The molecule has 1 N–H and O–H groups in total. The Morgan fingerprint density at radius 1 is 1.16 bits per heavy atom. The van der Waals surface area contributed by atoms with E-state index in [0.717, 1.165) is 5.52 Å². The molecule has 96 valence electrons. The molecule has 0 saturated carbocycles. The lowest BCUT2D eigenvalue weighted by Crippen LogP contribution is -2.05. The molecular formula is C13H9F2N3S. The Labute approximate surface area is 112 Å². The van der Waals surface area contributed by atoms with E-state index in [-0.39, 0.29) is 12.1 Å². The van der Waals surface area contributed by atoms with Crippen molar-refractivity contribution in [2.24, 2.45) is 0 Å². The number of H-pyrrole nitrogens is 1. The van der Waals surface area contributed by atoms with Gasteiger partial charge < -0.3 is 4.98 Å². The zero-order chi connectivity index (χ0) is 13.4. The highest BCUT2D eigenvalue weighted by Crippen LogP contribution is 2.17. The van der Waals surface area contributed by atoms with Gasteiger partial charge in [-0.05, 0) is 36.5 Å². The average molecular weight is 277 g/mol.